The van der Waals surface area contributed by atoms with Gasteiger partial charge in [-0.3, -0.25) is 4.79 Å². The summed E-state index contributed by atoms with van der Waals surface area (Å²) in [5, 5.41) is 21.0. The van der Waals surface area contributed by atoms with Crippen molar-refractivity contribution in [3.63, 3.8) is 0 Å². The minimum atomic E-state index is -0.167. The Balaban J connectivity index is 1.91. The number of hydrogen-bond donors (Lipinski definition) is 3. The van der Waals surface area contributed by atoms with E-state index in [2.05, 4.69) is 5.32 Å². The zero-order chi connectivity index (χ0) is 11.6. The van der Waals surface area contributed by atoms with Gasteiger partial charge in [-0.05, 0) is 37.1 Å². The molecule has 1 aromatic carbocycles. The molecule has 4 nitrogen and oxygen atoms in total. The van der Waals surface area contributed by atoms with E-state index in [9.17, 15) is 4.79 Å². The van der Waals surface area contributed by atoms with Gasteiger partial charge in [0.05, 0.1) is 6.61 Å². The molecule has 4 heteroatoms. The van der Waals surface area contributed by atoms with Crippen LogP contribution in [0, 0.1) is 5.41 Å². The molecule has 0 atom stereocenters. The Bertz CT molecular complexity index is 382. The summed E-state index contributed by atoms with van der Waals surface area (Å²) in [5.74, 6) is -0.0229. The van der Waals surface area contributed by atoms with Gasteiger partial charge < -0.3 is 15.5 Å². The largest absolute Gasteiger partial charge is 0.508 e. The van der Waals surface area contributed by atoms with Crippen LogP contribution in [0.5, 0.6) is 5.75 Å². The zero-order valence-corrected chi connectivity index (χ0v) is 8.94. The Labute approximate surface area is 93.9 Å². The van der Waals surface area contributed by atoms with Crippen molar-refractivity contribution >= 4 is 5.91 Å². The Morgan fingerprint density at radius 3 is 2.44 bits per heavy atom. The minimum absolute atomic E-state index is 0.0768. The number of phenolic OH excluding ortho intramolecular Hbond substituents is 1. The first-order chi connectivity index (χ1) is 7.65. The van der Waals surface area contributed by atoms with E-state index < -0.39 is 0 Å². The number of rotatable bonds is 4. The van der Waals surface area contributed by atoms with Gasteiger partial charge in [-0.1, -0.05) is 0 Å². The van der Waals surface area contributed by atoms with E-state index in [0.29, 0.717) is 12.1 Å². The van der Waals surface area contributed by atoms with Crippen LogP contribution in [0.3, 0.4) is 0 Å². The molecule has 86 valence electrons. The van der Waals surface area contributed by atoms with E-state index in [1.165, 1.54) is 12.1 Å². The lowest BCUT2D eigenvalue weighted by Crippen LogP contribution is -2.31. The van der Waals surface area contributed by atoms with Gasteiger partial charge in [0.25, 0.3) is 5.91 Å². The van der Waals surface area contributed by atoms with E-state index in [1.54, 1.807) is 12.1 Å². The van der Waals surface area contributed by atoms with Crippen LogP contribution in [0.25, 0.3) is 0 Å². The molecule has 0 radical (unpaired) electrons. The molecule has 0 spiro atoms. The van der Waals surface area contributed by atoms with Crippen LogP contribution in [-0.4, -0.2) is 29.3 Å². The van der Waals surface area contributed by atoms with Crippen LogP contribution in [0.15, 0.2) is 24.3 Å². The number of amides is 1. The topological polar surface area (TPSA) is 69.6 Å². The SMILES string of the molecule is O=C(NCC1(CO)CC1)c1ccc(O)cc1. The van der Waals surface area contributed by atoms with E-state index in [-0.39, 0.29) is 23.7 Å². The first-order valence-corrected chi connectivity index (χ1v) is 5.33. The summed E-state index contributed by atoms with van der Waals surface area (Å²) in [5.41, 5.74) is 0.443. The number of carbonyl (C=O) groups excluding carboxylic acids is 1. The molecule has 1 aliphatic carbocycles. The zero-order valence-electron chi connectivity index (χ0n) is 8.94. The van der Waals surface area contributed by atoms with Gasteiger partial charge in [0.1, 0.15) is 5.75 Å². The average Bonchev–Trinajstić information content (AvgIpc) is 3.08. The predicted octanol–water partition coefficient (Wildman–Crippen LogP) is 0.895. The van der Waals surface area contributed by atoms with Crippen molar-refractivity contribution in [2.24, 2.45) is 5.41 Å². The molecule has 1 aromatic rings. The number of aromatic hydroxyl groups is 1. The maximum atomic E-state index is 11.7. The third-order valence-corrected chi connectivity index (χ3v) is 3.05. The molecule has 1 fully saturated rings. The molecule has 1 saturated carbocycles. The lowest BCUT2D eigenvalue weighted by molar-refractivity contribution is 0.0935. The molecule has 0 aromatic heterocycles. The highest BCUT2D eigenvalue weighted by Crippen LogP contribution is 2.44. The highest BCUT2D eigenvalue weighted by atomic mass is 16.3. The molecular weight excluding hydrogens is 206 g/mol. The quantitative estimate of drug-likeness (QED) is 0.707. The predicted molar refractivity (Wildman–Crippen MR) is 59.2 cm³/mol. The third-order valence-electron chi connectivity index (χ3n) is 3.05. The summed E-state index contributed by atoms with van der Waals surface area (Å²) < 4.78 is 0. The van der Waals surface area contributed by atoms with E-state index in [1.807, 2.05) is 0 Å². The molecular formula is C12H15NO3. The summed E-state index contributed by atoms with van der Waals surface area (Å²) in [7, 11) is 0. The Morgan fingerprint density at radius 1 is 1.31 bits per heavy atom. The van der Waals surface area contributed by atoms with E-state index in [4.69, 9.17) is 10.2 Å². The fraction of sp³-hybridized carbons (Fsp3) is 0.417. The second-order valence-electron chi connectivity index (χ2n) is 4.39. The summed E-state index contributed by atoms with van der Waals surface area (Å²) in [6.07, 6.45) is 1.94. The van der Waals surface area contributed by atoms with Crippen molar-refractivity contribution in [2.75, 3.05) is 13.2 Å². The van der Waals surface area contributed by atoms with Crippen molar-refractivity contribution in [1.82, 2.24) is 5.32 Å². The van der Waals surface area contributed by atoms with Gasteiger partial charge in [0, 0.05) is 17.5 Å². The van der Waals surface area contributed by atoms with Gasteiger partial charge in [-0.2, -0.15) is 0 Å². The molecule has 0 saturated heterocycles. The van der Waals surface area contributed by atoms with Crippen LogP contribution in [0.4, 0.5) is 0 Å². The summed E-state index contributed by atoms with van der Waals surface area (Å²) in [4.78, 5) is 11.7. The molecule has 2 rings (SSSR count). The molecule has 3 N–H and O–H groups in total. The second kappa shape index (κ2) is 4.14. The van der Waals surface area contributed by atoms with Crippen LogP contribution in [-0.2, 0) is 0 Å². The van der Waals surface area contributed by atoms with E-state index >= 15 is 0 Å². The minimum Gasteiger partial charge on any atom is -0.508 e. The highest BCUT2D eigenvalue weighted by molar-refractivity contribution is 5.94. The maximum Gasteiger partial charge on any atom is 0.251 e. The lowest BCUT2D eigenvalue weighted by Gasteiger charge is -2.12. The smallest absolute Gasteiger partial charge is 0.251 e. The number of hydrogen-bond acceptors (Lipinski definition) is 3. The second-order valence-corrected chi connectivity index (χ2v) is 4.39. The van der Waals surface area contributed by atoms with Gasteiger partial charge in [-0.15, -0.1) is 0 Å². The Morgan fingerprint density at radius 2 is 1.94 bits per heavy atom. The van der Waals surface area contributed by atoms with Gasteiger partial charge in [0.2, 0.25) is 0 Å². The average molecular weight is 221 g/mol. The fourth-order valence-electron chi connectivity index (χ4n) is 1.55. The molecule has 0 bridgehead atoms. The molecule has 1 amide bonds. The van der Waals surface area contributed by atoms with Crippen LogP contribution in [0.1, 0.15) is 23.2 Å². The van der Waals surface area contributed by atoms with Crippen molar-refractivity contribution < 1.29 is 15.0 Å². The van der Waals surface area contributed by atoms with Crippen molar-refractivity contribution in [3.8, 4) is 5.75 Å². The van der Waals surface area contributed by atoms with Crippen LogP contribution >= 0.6 is 0 Å². The summed E-state index contributed by atoms with van der Waals surface area (Å²) in [6.45, 7) is 0.645. The molecule has 0 aliphatic heterocycles. The first-order valence-electron chi connectivity index (χ1n) is 5.33. The number of carbonyl (C=O) groups is 1. The molecule has 0 unspecified atom stereocenters. The van der Waals surface area contributed by atoms with Crippen LogP contribution in [0.2, 0.25) is 0 Å². The van der Waals surface area contributed by atoms with Gasteiger partial charge in [-0.25, -0.2) is 0 Å². The monoisotopic (exact) mass is 221 g/mol. The molecule has 1 aliphatic rings. The van der Waals surface area contributed by atoms with Crippen molar-refractivity contribution in [3.05, 3.63) is 29.8 Å². The van der Waals surface area contributed by atoms with E-state index in [0.717, 1.165) is 12.8 Å². The maximum absolute atomic E-state index is 11.7. The molecule has 0 heterocycles. The van der Waals surface area contributed by atoms with Crippen molar-refractivity contribution in [2.45, 2.75) is 12.8 Å². The number of aliphatic hydroxyl groups is 1. The number of phenols is 1. The third kappa shape index (κ3) is 2.33. The normalized spacial score (nSPS) is 16.8. The van der Waals surface area contributed by atoms with Gasteiger partial charge in [0.15, 0.2) is 0 Å². The van der Waals surface area contributed by atoms with Crippen LogP contribution < -0.4 is 5.32 Å². The highest BCUT2D eigenvalue weighted by Gasteiger charge is 2.42. The van der Waals surface area contributed by atoms with Gasteiger partial charge >= 0.3 is 0 Å². The first kappa shape index (κ1) is 11.0. The Kier molecular flexibility index (Phi) is 2.83. The molecule has 16 heavy (non-hydrogen) atoms. The fourth-order valence-corrected chi connectivity index (χ4v) is 1.55. The number of benzene rings is 1. The summed E-state index contributed by atoms with van der Waals surface area (Å²) >= 11 is 0. The van der Waals surface area contributed by atoms with Crippen molar-refractivity contribution in [1.29, 1.82) is 0 Å². The lowest BCUT2D eigenvalue weighted by atomic mass is 10.1. The number of aliphatic hydroxyl groups excluding tert-OH is 1. The summed E-state index contributed by atoms with van der Waals surface area (Å²) in [6, 6.07) is 6.11. The standard InChI is InChI=1S/C12H15NO3/c14-8-12(5-6-12)7-13-11(16)9-1-3-10(15)4-2-9/h1-4,14-15H,5-8H2,(H,13,16). The Hall–Kier alpha value is -1.55. The number of nitrogens with one attached hydrogen (secondary N) is 1.